The average Bonchev–Trinajstić information content (AvgIpc) is 2.73. The summed E-state index contributed by atoms with van der Waals surface area (Å²) in [6, 6.07) is 30.4. The molecule has 0 heterocycles. The molecule has 0 atom stereocenters. The van der Waals surface area contributed by atoms with E-state index in [4.69, 9.17) is 0 Å². The molecule has 2 nitrogen and oxygen atoms in total. The fraction of sp³-hybridized carbons (Fsp3) is 0. The Labute approximate surface area is 159 Å². The summed E-state index contributed by atoms with van der Waals surface area (Å²) < 4.78 is 0. The molecule has 0 spiro atoms. The summed E-state index contributed by atoms with van der Waals surface area (Å²) >= 11 is 0. The fourth-order valence-corrected chi connectivity index (χ4v) is 7.91. The smallest absolute Gasteiger partial charge is 0.187 e. The lowest BCUT2D eigenvalue weighted by Crippen LogP contribution is -2.33. The van der Waals surface area contributed by atoms with Crippen LogP contribution in [-0.4, -0.2) is 16.2 Å². The fourth-order valence-electron chi connectivity index (χ4n) is 3.59. The van der Waals surface area contributed by atoms with Crippen LogP contribution in [0.15, 0.2) is 115 Å². The molecule has 1 N–H and O–H groups in total. The maximum Gasteiger partial charge on any atom is 0.187 e. The minimum Gasteiger partial charge on any atom is -0.508 e. The SMILES string of the molecule is O=C1C=CC(O)=CC1=P(c1ccccc1)(c1ccccc1)c1ccccc1. The van der Waals surface area contributed by atoms with Gasteiger partial charge in [-0.25, -0.2) is 0 Å². The van der Waals surface area contributed by atoms with Crippen molar-refractivity contribution < 1.29 is 9.90 Å². The molecule has 0 radical (unpaired) electrons. The highest BCUT2D eigenvalue weighted by Gasteiger charge is 2.32. The summed E-state index contributed by atoms with van der Waals surface area (Å²) in [5.74, 6) is 0.0504. The van der Waals surface area contributed by atoms with Gasteiger partial charge in [-0.1, -0.05) is 91.0 Å². The molecule has 3 aromatic rings. The molecule has 0 fully saturated rings. The first-order valence-corrected chi connectivity index (χ1v) is 10.6. The zero-order chi connectivity index (χ0) is 18.7. The van der Waals surface area contributed by atoms with Crippen LogP contribution in [0.5, 0.6) is 0 Å². The second-order valence-corrected chi connectivity index (χ2v) is 9.70. The lowest BCUT2D eigenvalue weighted by atomic mass is 10.1. The molecule has 0 aliphatic heterocycles. The van der Waals surface area contributed by atoms with Crippen LogP contribution < -0.4 is 15.9 Å². The highest BCUT2D eigenvalue weighted by molar-refractivity contribution is 7.96. The van der Waals surface area contributed by atoms with E-state index in [9.17, 15) is 9.90 Å². The van der Waals surface area contributed by atoms with E-state index in [2.05, 4.69) is 36.4 Å². The van der Waals surface area contributed by atoms with Crippen molar-refractivity contribution >= 4 is 33.9 Å². The van der Waals surface area contributed by atoms with Gasteiger partial charge in [0, 0.05) is 5.29 Å². The molecule has 0 bridgehead atoms. The van der Waals surface area contributed by atoms with Crippen LogP contribution in [0, 0.1) is 0 Å². The van der Waals surface area contributed by atoms with E-state index in [1.54, 1.807) is 6.08 Å². The van der Waals surface area contributed by atoms with E-state index in [1.165, 1.54) is 12.2 Å². The molecule has 0 aromatic heterocycles. The number of hydrogen-bond acceptors (Lipinski definition) is 2. The molecule has 0 unspecified atom stereocenters. The maximum absolute atomic E-state index is 13.1. The number of benzene rings is 3. The van der Waals surface area contributed by atoms with Gasteiger partial charge in [0.25, 0.3) is 0 Å². The maximum atomic E-state index is 13.1. The summed E-state index contributed by atoms with van der Waals surface area (Å²) in [6.45, 7) is -2.44. The van der Waals surface area contributed by atoms with E-state index < -0.39 is 6.89 Å². The van der Waals surface area contributed by atoms with Gasteiger partial charge < -0.3 is 5.11 Å². The molecular weight excluding hydrogens is 351 g/mol. The normalized spacial score (nSPS) is 14.1. The van der Waals surface area contributed by atoms with E-state index in [0.29, 0.717) is 5.29 Å². The molecule has 1 aliphatic carbocycles. The van der Waals surface area contributed by atoms with E-state index in [1.807, 2.05) is 54.6 Å². The van der Waals surface area contributed by atoms with Crippen LogP contribution in [0.1, 0.15) is 0 Å². The molecule has 0 saturated carbocycles. The quantitative estimate of drug-likeness (QED) is 0.714. The number of ketones is 1. The Morgan fingerprint density at radius 2 is 1.00 bits per heavy atom. The minimum atomic E-state index is -2.44. The first kappa shape index (κ1) is 17.3. The van der Waals surface area contributed by atoms with Crippen LogP contribution in [-0.2, 0) is 4.79 Å². The number of carbonyl (C=O) groups excluding carboxylic acids is 1. The van der Waals surface area contributed by atoms with Gasteiger partial charge in [-0.3, -0.25) is 4.79 Å². The van der Waals surface area contributed by atoms with Crippen LogP contribution in [0.25, 0.3) is 0 Å². The minimum absolute atomic E-state index is 0.0577. The van der Waals surface area contributed by atoms with Gasteiger partial charge in [0.2, 0.25) is 0 Å². The van der Waals surface area contributed by atoms with Crippen LogP contribution in [0.4, 0.5) is 0 Å². The van der Waals surface area contributed by atoms with Gasteiger partial charge in [-0.15, -0.1) is 0 Å². The Bertz CT molecular complexity index is 976. The van der Waals surface area contributed by atoms with Gasteiger partial charge >= 0.3 is 0 Å². The number of aliphatic hydroxyl groups excluding tert-OH is 1. The van der Waals surface area contributed by atoms with Gasteiger partial charge in [-0.2, -0.15) is 0 Å². The van der Waals surface area contributed by atoms with E-state index in [-0.39, 0.29) is 11.5 Å². The van der Waals surface area contributed by atoms with Crippen LogP contribution in [0.2, 0.25) is 0 Å². The third-order valence-electron chi connectivity index (χ3n) is 4.73. The predicted molar refractivity (Wildman–Crippen MR) is 115 cm³/mol. The highest BCUT2D eigenvalue weighted by Crippen LogP contribution is 2.47. The Morgan fingerprint density at radius 1 is 0.593 bits per heavy atom. The van der Waals surface area contributed by atoms with Gasteiger partial charge in [0.15, 0.2) is 5.78 Å². The Kier molecular flexibility index (Phi) is 4.66. The van der Waals surface area contributed by atoms with Crippen LogP contribution >= 0.6 is 6.89 Å². The second kappa shape index (κ2) is 7.26. The van der Waals surface area contributed by atoms with Crippen molar-refractivity contribution in [3.05, 3.63) is 115 Å². The molecule has 4 rings (SSSR count). The first-order chi connectivity index (χ1) is 13.2. The van der Waals surface area contributed by atoms with E-state index >= 15 is 0 Å². The van der Waals surface area contributed by atoms with Crippen molar-refractivity contribution in [2.75, 3.05) is 0 Å². The molecule has 3 aromatic carbocycles. The summed E-state index contributed by atoms with van der Waals surface area (Å²) in [6.07, 6.45) is 4.57. The molecule has 3 heteroatoms. The number of allylic oxidation sites excluding steroid dienone is 3. The van der Waals surface area contributed by atoms with Crippen molar-refractivity contribution in [3.8, 4) is 0 Å². The molecule has 1 aliphatic rings. The standard InChI is InChI=1S/C24H19O2P/c25-19-16-17-23(26)24(18-19)27(20-10-4-1-5-11-20,21-12-6-2-7-13-21)22-14-8-3-9-15-22/h1-18,25H. The zero-order valence-electron chi connectivity index (χ0n) is 14.7. The molecule has 132 valence electrons. The number of aliphatic hydroxyl groups is 1. The Hall–Kier alpha value is -3.09. The van der Waals surface area contributed by atoms with Crippen LogP contribution in [0.3, 0.4) is 0 Å². The largest absolute Gasteiger partial charge is 0.508 e. The highest BCUT2D eigenvalue weighted by atomic mass is 31.2. The lowest BCUT2D eigenvalue weighted by molar-refractivity contribution is -0.108. The summed E-state index contributed by atoms with van der Waals surface area (Å²) in [7, 11) is 0. The average molecular weight is 370 g/mol. The third-order valence-corrected chi connectivity index (χ3v) is 9.02. The third kappa shape index (κ3) is 2.99. The topological polar surface area (TPSA) is 37.3 Å². The molecule has 0 amide bonds. The van der Waals surface area contributed by atoms with E-state index in [0.717, 1.165) is 15.9 Å². The van der Waals surface area contributed by atoms with Crippen molar-refractivity contribution in [2.45, 2.75) is 0 Å². The van der Waals surface area contributed by atoms with Crippen molar-refractivity contribution in [2.24, 2.45) is 0 Å². The summed E-state index contributed by atoms with van der Waals surface area (Å²) in [5.41, 5.74) is 0. The lowest BCUT2D eigenvalue weighted by Gasteiger charge is -2.31. The summed E-state index contributed by atoms with van der Waals surface area (Å²) in [5, 5.41) is 14.1. The number of hydrogen-bond donors (Lipinski definition) is 1. The second-order valence-electron chi connectivity index (χ2n) is 6.33. The molecular formula is C24H19O2P. The van der Waals surface area contributed by atoms with Gasteiger partial charge in [-0.05, 0) is 41.0 Å². The van der Waals surface area contributed by atoms with Crippen molar-refractivity contribution in [3.63, 3.8) is 0 Å². The van der Waals surface area contributed by atoms with Crippen molar-refractivity contribution in [1.29, 1.82) is 0 Å². The Morgan fingerprint density at radius 3 is 1.41 bits per heavy atom. The zero-order valence-corrected chi connectivity index (χ0v) is 15.6. The first-order valence-electron chi connectivity index (χ1n) is 8.79. The predicted octanol–water partition coefficient (Wildman–Crippen LogP) is 3.73. The number of rotatable bonds is 3. The van der Waals surface area contributed by atoms with Gasteiger partial charge in [0.1, 0.15) is 5.76 Å². The molecule has 0 saturated heterocycles. The monoisotopic (exact) mass is 370 g/mol. The van der Waals surface area contributed by atoms with Crippen molar-refractivity contribution in [1.82, 2.24) is 0 Å². The summed E-state index contributed by atoms with van der Waals surface area (Å²) in [4.78, 5) is 13.1. The Balaban J connectivity index is 2.25. The molecule has 27 heavy (non-hydrogen) atoms. The number of carbonyl (C=O) groups is 1. The van der Waals surface area contributed by atoms with Gasteiger partial charge in [0.05, 0.1) is 0 Å².